The Bertz CT molecular complexity index is 2520. The van der Waals surface area contributed by atoms with E-state index >= 15 is 0 Å². The van der Waals surface area contributed by atoms with Crippen LogP contribution in [0.2, 0.25) is 0 Å². The number of rotatable bonds is 4. The van der Waals surface area contributed by atoms with Gasteiger partial charge in [-0.25, -0.2) is 4.98 Å². The number of benzene rings is 7. The van der Waals surface area contributed by atoms with Gasteiger partial charge in [0, 0.05) is 10.9 Å². The highest BCUT2D eigenvalue weighted by molar-refractivity contribution is 5.89. The van der Waals surface area contributed by atoms with Crippen LogP contribution in [-0.4, -0.2) is 4.98 Å². The minimum atomic E-state index is -0.502. The van der Waals surface area contributed by atoms with Crippen molar-refractivity contribution in [2.45, 2.75) is 5.41 Å². The maximum absolute atomic E-state index is 6.72. The van der Waals surface area contributed by atoms with E-state index in [1.54, 1.807) is 0 Å². The van der Waals surface area contributed by atoms with Gasteiger partial charge in [0.1, 0.15) is 0 Å². The topological polar surface area (TPSA) is 31.4 Å². The van der Waals surface area contributed by atoms with Crippen molar-refractivity contribution >= 4 is 10.9 Å². The summed E-state index contributed by atoms with van der Waals surface area (Å²) < 4.78 is 13.4. The van der Waals surface area contributed by atoms with E-state index in [1.165, 1.54) is 27.8 Å². The molecule has 230 valence electrons. The molecule has 0 atom stereocenters. The number of ether oxygens (including phenoxy) is 2. The molecule has 0 fully saturated rings. The number of fused-ring (bicyclic) bond motifs is 6. The van der Waals surface area contributed by atoms with E-state index in [2.05, 4.69) is 158 Å². The first-order valence-electron chi connectivity index (χ1n) is 16.6. The van der Waals surface area contributed by atoms with Crippen LogP contribution in [0.25, 0.3) is 44.4 Å². The Balaban J connectivity index is 1.10. The summed E-state index contributed by atoms with van der Waals surface area (Å²) in [5.74, 6) is 2.80. The number of aromatic nitrogens is 1. The summed E-state index contributed by atoms with van der Waals surface area (Å²) in [5.41, 5.74) is 11.8. The average Bonchev–Trinajstić information content (AvgIpc) is 3.46. The van der Waals surface area contributed by atoms with Crippen molar-refractivity contribution in [3.63, 3.8) is 0 Å². The smallest absolute Gasteiger partial charge is 0.170 e. The molecule has 0 amide bonds. The van der Waals surface area contributed by atoms with Crippen molar-refractivity contribution in [1.82, 2.24) is 4.98 Å². The lowest BCUT2D eigenvalue weighted by Crippen LogP contribution is -2.28. The van der Waals surface area contributed by atoms with Crippen LogP contribution in [0.4, 0.5) is 0 Å². The molecule has 1 aliphatic heterocycles. The highest BCUT2D eigenvalue weighted by Gasteiger charge is 2.47. The summed E-state index contributed by atoms with van der Waals surface area (Å²) in [6, 6.07) is 61.8. The molecule has 0 N–H and O–H groups in total. The summed E-state index contributed by atoms with van der Waals surface area (Å²) >= 11 is 0. The Morgan fingerprint density at radius 2 is 1.00 bits per heavy atom. The number of pyridine rings is 1. The van der Waals surface area contributed by atoms with Crippen molar-refractivity contribution in [2.24, 2.45) is 0 Å². The maximum atomic E-state index is 6.72. The van der Waals surface area contributed by atoms with Crippen LogP contribution in [0.1, 0.15) is 22.3 Å². The molecule has 10 rings (SSSR count). The Hall–Kier alpha value is -6.45. The molecule has 0 bridgehead atoms. The van der Waals surface area contributed by atoms with E-state index in [4.69, 9.17) is 14.5 Å². The fourth-order valence-corrected chi connectivity index (χ4v) is 7.86. The number of hydrogen-bond acceptors (Lipinski definition) is 3. The molecule has 2 heterocycles. The molecule has 3 nitrogen and oxygen atoms in total. The molecular weight excluding hydrogens is 599 g/mol. The van der Waals surface area contributed by atoms with Gasteiger partial charge in [-0.15, -0.1) is 0 Å². The lowest BCUT2D eigenvalue weighted by Gasteiger charge is -2.34. The third-order valence-corrected chi connectivity index (χ3v) is 10.0. The molecule has 3 heteroatoms. The predicted octanol–water partition coefficient (Wildman–Crippen LogP) is 11.8. The van der Waals surface area contributed by atoms with Crippen LogP contribution < -0.4 is 9.47 Å². The molecule has 1 aliphatic carbocycles. The minimum absolute atomic E-state index is 0.502. The second-order valence-corrected chi connectivity index (χ2v) is 12.7. The van der Waals surface area contributed by atoms with Crippen molar-refractivity contribution in [3.05, 3.63) is 198 Å². The molecule has 7 aromatic carbocycles. The molecule has 0 saturated carbocycles. The standard InChI is InChI=1S/C46H29NO2/c1-3-14-32(15-4-1)46(33-16-5-2-6-17-33)38-21-11-10-19-35(38)37-28-44-45(29-39(37)46)48-42-26-24-31(27-43(42)49-44)34-18-8-9-20-36(34)41-25-23-30-13-7-12-22-40(30)47-41/h1-29H. The number of nitrogens with zero attached hydrogens (tertiary/aromatic N) is 1. The Kier molecular flexibility index (Phi) is 6.09. The molecule has 0 unspecified atom stereocenters. The van der Waals surface area contributed by atoms with E-state index < -0.39 is 5.41 Å². The summed E-state index contributed by atoms with van der Waals surface area (Å²) in [4.78, 5) is 5.00. The van der Waals surface area contributed by atoms with Gasteiger partial charge >= 0.3 is 0 Å². The third-order valence-electron chi connectivity index (χ3n) is 10.0. The van der Waals surface area contributed by atoms with E-state index in [0.717, 1.165) is 38.9 Å². The first kappa shape index (κ1) is 27.6. The van der Waals surface area contributed by atoms with E-state index in [-0.39, 0.29) is 0 Å². The zero-order valence-electron chi connectivity index (χ0n) is 26.5. The Labute approximate surface area is 284 Å². The normalized spacial score (nSPS) is 13.4. The zero-order valence-corrected chi connectivity index (χ0v) is 26.5. The Morgan fingerprint density at radius 3 is 1.80 bits per heavy atom. The van der Waals surface area contributed by atoms with Crippen molar-refractivity contribution in [2.75, 3.05) is 0 Å². The van der Waals surface area contributed by atoms with Gasteiger partial charge in [-0.1, -0.05) is 140 Å². The predicted molar refractivity (Wildman–Crippen MR) is 197 cm³/mol. The van der Waals surface area contributed by atoms with Gasteiger partial charge in [-0.05, 0) is 80.9 Å². The van der Waals surface area contributed by atoms with Gasteiger partial charge in [-0.3, -0.25) is 0 Å². The largest absolute Gasteiger partial charge is 0.450 e. The molecule has 0 saturated heterocycles. The van der Waals surface area contributed by atoms with E-state index in [9.17, 15) is 0 Å². The van der Waals surface area contributed by atoms with Gasteiger partial charge in [0.15, 0.2) is 23.0 Å². The SMILES string of the molecule is c1ccc(C2(c3ccccc3)c3ccccc3-c3cc4c(cc32)Oc2ccc(-c3ccccc3-c3ccc5ccccc5n3)cc2O4)cc1. The number of para-hydroxylation sites is 1. The van der Waals surface area contributed by atoms with Crippen molar-refractivity contribution in [1.29, 1.82) is 0 Å². The number of hydrogen-bond donors (Lipinski definition) is 0. The van der Waals surface area contributed by atoms with Crippen LogP contribution in [0.15, 0.2) is 176 Å². The summed E-state index contributed by atoms with van der Waals surface area (Å²) in [7, 11) is 0. The maximum Gasteiger partial charge on any atom is 0.170 e. The Morgan fingerprint density at radius 1 is 0.388 bits per heavy atom. The van der Waals surface area contributed by atoms with E-state index in [1.807, 2.05) is 18.2 Å². The fraction of sp³-hybridized carbons (Fsp3) is 0.0217. The van der Waals surface area contributed by atoms with Crippen LogP contribution in [-0.2, 0) is 5.41 Å². The zero-order chi connectivity index (χ0) is 32.4. The summed E-state index contributed by atoms with van der Waals surface area (Å²) in [6.07, 6.45) is 0. The monoisotopic (exact) mass is 627 g/mol. The molecule has 2 aliphatic rings. The molecular formula is C46H29NO2. The van der Waals surface area contributed by atoms with Gasteiger partial charge in [0.2, 0.25) is 0 Å². The molecule has 49 heavy (non-hydrogen) atoms. The van der Waals surface area contributed by atoms with Crippen molar-refractivity contribution < 1.29 is 9.47 Å². The summed E-state index contributed by atoms with van der Waals surface area (Å²) in [5, 5.41) is 1.13. The van der Waals surface area contributed by atoms with E-state index in [0.29, 0.717) is 23.0 Å². The first-order chi connectivity index (χ1) is 24.3. The fourth-order valence-electron chi connectivity index (χ4n) is 7.86. The van der Waals surface area contributed by atoms with Crippen LogP contribution in [0, 0.1) is 0 Å². The minimum Gasteiger partial charge on any atom is -0.450 e. The van der Waals surface area contributed by atoms with Crippen molar-refractivity contribution in [3.8, 4) is 56.5 Å². The lowest BCUT2D eigenvalue weighted by molar-refractivity contribution is 0.359. The molecule has 0 spiro atoms. The first-order valence-corrected chi connectivity index (χ1v) is 16.6. The van der Waals surface area contributed by atoms with Gasteiger partial charge < -0.3 is 9.47 Å². The van der Waals surface area contributed by atoms with Crippen LogP contribution in [0.3, 0.4) is 0 Å². The summed E-state index contributed by atoms with van der Waals surface area (Å²) in [6.45, 7) is 0. The van der Waals surface area contributed by atoms with Crippen LogP contribution in [0.5, 0.6) is 23.0 Å². The highest BCUT2D eigenvalue weighted by Crippen LogP contribution is 2.59. The third kappa shape index (κ3) is 4.19. The molecule has 1 aromatic heterocycles. The second-order valence-electron chi connectivity index (χ2n) is 12.7. The quantitative estimate of drug-likeness (QED) is 0.195. The van der Waals surface area contributed by atoms with Gasteiger partial charge in [0.25, 0.3) is 0 Å². The second kappa shape index (κ2) is 10.8. The highest BCUT2D eigenvalue weighted by atomic mass is 16.6. The lowest BCUT2D eigenvalue weighted by atomic mass is 9.67. The van der Waals surface area contributed by atoms with Gasteiger partial charge in [0.05, 0.1) is 16.6 Å². The van der Waals surface area contributed by atoms with Crippen LogP contribution >= 0.6 is 0 Å². The molecule has 8 aromatic rings. The van der Waals surface area contributed by atoms with Gasteiger partial charge in [-0.2, -0.15) is 0 Å². The molecule has 0 radical (unpaired) electrons. The average molecular weight is 628 g/mol.